The molecule has 0 spiro atoms. The lowest BCUT2D eigenvalue weighted by Gasteiger charge is -2.42. The second-order valence-electron chi connectivity index (χ2n) is 8.20. The van der Waals surface area contributed by atoms with Crippen LogP contribution in [0.3, 0.4) is 0 Å². The molecule has 2 rings (SSSR count). The maximum Gasteiger partial charge on any atom is 0.410 e. The van der Waals surface area contributed by atoms with Crippen LogP contribution in [0.1, 0.15) is 33.6 Å². The molecule has 24 heavy (non-hydrogen) atoms. The van der Waals surface area contributed by atoms with E-state index >= 15 is 0 Å². The third-order valence-electron chi connectivity index (χ3n) is 5.69. The number of aliphatic carboxylic acids is 1. The van der Waals surface area contributed by atoms with Gasteiger partial charge in [-0.3, -0.25) is 4.90 Å². The molecule has 0 bridgehead atoms. The summed E-state index contributed by atoms with van der Waals surface area (Å²) in [4.78, 5) is 25.1. The standard InChI is InChI=1S/C17H29NO5Si/c1-17(2,3)24(5,6)23-14-9-7-8-12-11(14)10-13(15(19)20)18(12)16(21)22-4/h7-8,11-14H,9-10H2,1-6H3,(H,19,20)/t11-,12-,13-,14+/m0/s1. The molecule has 1 fully saturated rings. The summed E-state index contributed by atoms with van der Waals surface area (Å²) in [5, 5.41) is 9.60. The van der Waals surface area contributed by atoms with Crippen LogP contribution >= 0.6 is 0 Å². The molecule has 1 heterocycles. The van der Waals surface area contributed by atoms with E-state index in [0.717, 1.165) is 6.42 Å². The average molecular weight is 356 g/mol. The lowest BCUT2D eigenvalue weighted by Crippen LogP contribution is -2.49. The zero-order valence-electron chi connectivity index (χ0n) is 15.4. The fourth-order valence-electron chi connectivity index (χ4n) is 3.32. The van der Waals surface area contributed by atoms with Gasteiger partial charge < -0.3 is 14.3 Å². The van der Waals surface area contributed by atoms with Crippen LogP contribution < -0.4 is 0 Å². The lowest BCUT2D eigenvalue weighted by atomic mass is 9.87. The molecule has 0 aromatic rings. The highest BCUT2D eigenvalue weighted by Crippen LogP contribution is 2.43. The molecule has 4 atom stereocenters. The minimum Gasteiger partial charge on any atom is -0.480 e. The fourth-order valence-corrected chi connectivity index (χ4v) is 4.71. The molecular formula is C17H29NO5Si. The van der Waals surface area contributed by atoms with Gasteiger partial charge in [0, 0.05) is 5.92 Å². The van der Waals surface area contributed by atoms with Crippen molar-refractivity contribution in [2.24, 2.45) is 5.92 Å². The van der Waals surface area contributed by atoms with Gasteiger partial charge in [0.1, 0.15) is 6.04 Å². The summed E-state index contributed by atoms with van der Waals surface area (Å²) >= 11 is 0. The van der Waals surface area contributed by atoms with Gasteiger partial charge in [0.05, 0.1) is 19.3 Å². The highest BCUT2D eigenvalue weighted by atomic mass is 28.4. The summed E-state index contributed by atoms with van der Waals surface area (Å²) in [6.45, 7) is 10.9. The van der Waals surface area contributed by atoms with Gasteiger partial charge >= 0.3 is 12.1 Å². The number of carboxylic acids is 1. The minimum absolute atomic E-state index is 0.00988. The highest BCUT2D eigenvalue weighted by molar-refractivity contribution is 6.74. The molecular weight excluding hydrogens is 326 g/mol. The average Bonchev–Trinajstić information content (AvgIpc) is 2.85. The molecule has 0 aromatic heterocycles. The number of nitrogens with zero attached hydrogens (tertiary/aromatic N) is 1. The van der Waals surface area contributed by atoms with Crippen LogP contribution in [0.2, 0.25) is 18.1 Å². The van der Waals surface area contributed by atoms with Gasteiger partial charge in [-0.2, -0.15) is 0 Å². The second kappa shape index (κ2) is 6.52. The molecule has 1 aliphatic carbocycles. The summed E-state index contributed by atoms with van der Waals surface area (Å²) in [6, 6.07) is -1.14. The van der Waals surface area contributed by atoms with E-state index in [9.17, 15) is 14.7 Å². The molecule has 7 heteroatoms. The molecule has 0 saturated carbocycles. The number of likely N-dealkylation sites (tertiary alicyclic amines) is 1. The van der Waals surface area contributed by atoms with Crippen molar-refractivity contribution >= 4 is 20.4 Å². The Kier molecular flexibility index (Phi) is 5.16. The first-order chi connectivity index (χ1) is 11.0. The van der Waals surface area contributed by atoms with E-state index in [4.69, 9.17) is 9.16 Å². The number of amides is 1. The Bertz CT molecular complexity index is 540. The Labute approximate surface area is 144 Å². The maximum absolute atomic E-state index is 12.1. The molecule has 1 amide bonds. The van der Waals surface area contributed by atoms with Gasteiger partial charge in [0.2, 0.25) is 0 Å². The summed E-state index contributed by atoms with van der Waals surface area (Å²) in [6.07, 6.45) is 4.44. The highest BCUT2D eigenvalue weighted by Gasteiger charge is 2.52. The molecule has 1 aliphatic heterocycles. The van der Waals surface area contributed by atoms with Gasteiger partial charge in [0.25, 0.3) is 0 Å². The van der Waals surface area contributed by atoms with Crippen molar-refractivity contribution in [3.05, 3.63) is 12.2 Å². The molecule has 0 unspecified atom stereocenters. The summed E-state index contributed by atoms with van der Waals surface area (Å²) in [5.41, 5.74) is 0. The molecule has 0 radical (unpaired) electrons. The number of methoxy groups -OCH3 is 1. The number of carbonyl (C=O) groups excluding carboxylic acids is 1. The first kappa shape index (κ1) is 19.0. The van der Waals surface area contributed by atoms with Gasteiger partial charge in [-0.1, -0.05) is 32.9 Å². The molecule has 1 N–H and O–H groups in total. The van der Waals surface area contributed by atoms with Gasteiger partial charge in [-0.25, -0.2) is 9.59 Å². The van der Waals surface area contributed by atoms with Crippen LogP contribution in [0, 0.1) is 5.92 Å². The monoisotopic (exact) mass is 355 g/mol. The Morgan fingerprint density at radius 2 is 1.92 bits per heavy atom. The van der Waals surface area contributed by atoms with E-state index in [2.05, 4.69) is 33.9 Å². The summed E-state index contributed by atoms with van der Waals surface area (Å²) < 4.78 is 11.4. The Morgan fingerprint density at radius 1 is 1.29 bits per heavy atom. The van der Waals surface area contributed by atoms with Crippen molar-refractivity contribution in [1.82, 2.24) is 4.90 Å². The molecule has 136 valence electrons. The summed E-state index contributed by atoms with van der Waals surface area (Å²) in [5.74, 6) is -1.00. The van der Waals surface area contributed by atoms with Crippen molar-refractivity contribution in [3.63, 3.8) is 0 Å². The normalized spacial score (nSPS) is 30.2. The number of rotatable bonds is 3. The predicted octanol–water partition coefficient (Wildman–Crippen LogP) is 3.25. The number of ether oxygens (including phenoxy) is 1. The van der Waals surface area contributed by atoms with Crippen molar-refractivity contribution in [2.75, 3.05) is 7.11 Å². The molecule has 2 aliphatic rings. The van der Waals surface area contributed by atoms with E-state index < -0.39 is 26.4 Å². The van der Waals surface area contributed by atoms with Crippen LogP contribution in [0.4, 0.5) is 4.79 Å². The van der Waals surface area contributed by atoms with Crippen LogP contribution in [-0.4, -0.2) is 55.7 Å². The van der Waals surface area contributed by atoms with Crippen molar-refractivity contribution in [1.29, 1.82) is 0 Å². The van der Waals surface area contributed by atoms with E-state index in [1.54, 1.807) is 0 Å². The van der Waals surface area contributed by atoms with Crippen molar-refractivity contribution in [3.8, 4) is 0 Å². The second-order valence-corrected chi connectivity index (χ2v) is 13.0. The van der Waals surface area contributed by atoms with E-state index in [1.807, 2.05) is 12.2 Å². The number of carbonyl (C=O) groups is 2. The van der Waals surface area contributed by atoms with Gasteiger partial charge in [0.15, 0.2) is 8.32 Å². The van der Waals surface area contributed by atoms with Crippen molar-refractivity contribution in [2.45, 2.75) is 69.9 Å². The number of hydrogen-bond acceptors (Lipinski definition) is 4. The fraction of sp³-hybridized carbons (Fsp3) is 0.765. The Morgan fingerprint density at radius 3 is 2.42 bits per heavy atom. The van der Waals surface area contributed by atoms with Crippen LogP contribution in [0.25, 0.3) is 0 Å². The van der Waals surface area contributed by atoms with E-state index in [-0.39, 0.29) is 23.1 Å². The van der Waals surface area contributed by atoms with E-state index in [0.29, 0.717) is 6.42 Å². The Hall–Kier alpha value is -1.34. The molecule has 0 aromatic carbocycles. The SMILES string of the molecule is COC(=O)N1[C@H](C(=O)O)C[C@@H]2[C@H](O[Si](C)(C)C(C)(C)C)CC=C[C@@H]21. The predicted molar refractivity (Wildman–Crippen MR) is 93.4 cm³/mol. The van der Waals surface area contributed by atoms with Crippen LogP contribution in [0.5, 0.6) is 0 Å². The van der Waals surface area contributed by atoms with Crippen LogP contribution in [0.15, 0.2) is 12.2 Å². The smallest absolute Gasteiger partial charge is 0.410 e. The molecule has 1 saturated heterocycles. The first-order valence-corrected chi connectivity index (χ1v) is 11.3. The van der Waals surface area contributed by atoms with Crippen LogP contribution in [-0.2, 0) is 14.0 Å². The number of hydrogen-bond donors (Lipinski definition) is 1. The van der Waals surface area contributed by atoms with Crippen molar-refractivity contribution < 1.29 is 23.9 Å². The zero-order chi connectivity index (χ0) is 18.3. The maximum atomic E-state index is 12.1. The minimum atomic E-state index is -1.97. The largest absolute Gasteiger partial charge is 0.480 e. The first-order valence-electron chi connectivity index (χ1n) is 8.43. The number of fused-ring (bicyclic) bond motifs is 1. The van der Waals surface area contributed by atoms with Gasteiger partial charge in [-0.15, -0.1) is 0 Å². The topological polar surface area (TPSA) is 76.1 Å². The third-order valence-corrected chi connectivity index (χ3v) is 10.2. The Balaban J connectivity index is 2.27. The lowest BCUT2D eigenvalue weighted by molar-refractivity contribution is -0.141. The van der Waals surface area contributed by atoms with E-state index in [1.165, 1.54) is 12.0 Å². The summed E-state index contributed by atoms with van der Waals surface area (Å²) in [7, 11) is -0.692. The van der Waals surface area contributed by atoms with Gasteiger partial charge in [-0.05, 0) is 31.0 Å². The molecule has 6 nitrogen and oxygen atoms in total. The quantitative estimate of drug-likeness (QED) is 0.621. The number of carboxylic acid groups (broad SMARTS) is 1. The zero-order valence-corrected chi connectivity index (χ0v) is 16.4. The third kappa shape index (κ3) is 3.37.